The summed E-state index contributed by atoms with van der Waals surface area (Å²) in [5.74, 6) is -0.0589. The number of ether oxygens (including phenoxy) is 1. The van der Waals surface area contributed by atoms with Gasteiger partial charge in [-0.3, -0.25) is 9.59 Å². The third-order valence-electron chi connectivity index (χ3n) is 4.04. The van der Waals surface area contributed by atoms with Crippen LogP contribution in [0.2, 0.25) is 0 Å². The molecule has 0 saturated carbocycles. The Morgan fingerprint density at radius 2 is 1.97 bits per heavy atom. The van der Waals surface area contributed by atoms with Crippen LogP contribution in [0.25, 0.3) is 0 Å². The van der Waals surface area contributed by atoms with E-state index < -0.39 is 19.1 Å². The number of amides is 2. The zero-order valence-electron chi connectivity index (χ0n) is 16.5. The van der Waals surface area contributed by atoms with Gasteiger partial charge in [-0.05, 0) is 49.2 Å². The van der Waals surface area contributed by atoms with Crippen LogP contribution in [0.3, 0.4) is 0 Å². The monoisotopic (exact) mass is 406 g/mol. The van der Waals surface area contributed by atoms with E-state index in [-0.39, 0.29) is 24.1 Å². The number of nitrogens with zero attached hydrogens (tertiary/aromatic N) is 1. The van der Waals surface area contributed by atoms with Crippen molar-refractivity contribution in [1.29, 1.82) is 0 Å². The van der Waals surface area contributed by atoms with Crippen LogP contribution >= 0.6 is 0 Å². The van der Waals surface area contributed by atoms with Crippen molar-refractivity contribution in [2.75, 3.05) is 11.9 Å². The van der Waals surface area contributed by atoms with Crippen molar-refractivity contribution in [1.82, 2.24) is 10.3 Å². The van der Waals surface area contributed by atoms with E-state index in [0.717, 1.165) is 5.56 Å². The number of carbonyl (C=O) groups is 2. The second-order valence-electron chi connectivity index (χ2n) is 6.53. The van der Waals surface area contributed by atoms with Gasteiger partial charge in [0.25, 0.3) is 12.3 Å². The fraction of sp³-hybridized carbons (Fsp3) is 0.350. The smallest absolute Gasteiger partial charge is 0.272 e. The minimum Gasteiger partial charge on any atom is -0.488 e. The second kappa shape index (κ2) is 9.92. The Morgan fingerprint density at radius 1 is 1.24 bits per heavy atom. The van der Waals surface area contributed by atoms with Crippen LogP contribution in [0.4, 0.5) is 14.6 Å². The van der Waals surface area contributed by atoms with Crippen molar-refractivity contribution in [2.24, 2.45) is 5.73 Å². The Balaban J connectivity index is 2.17. The molecule has 156 valence electrons. The molecule has 1 heterocycles. The van der Waals surface area contributed by atoms with E-state index in [2.05, 4.69) is 15.6 Å². The van der Waals surface area contributed by atoms with E-state index in [1.54, 1.807) is 38.1 Å². The van der Waals surface area contributed by atoms with Crippen LogP contribution in [0.15, 0.2) is 30.3 Å². The summed E-state index contributed by atoms with van der Waals surface area (Å²) in [6.07, 6.45) is -2.57. The summed E-state index contributed by atoms with van der Waals surface area (Å²) >= 11 is 0. The number of benzene rings is 1. The number of carbonyl (C=O) groups excluding carboxylic acids is 2. The molecule has 29 heavy (non-hydrogen) atoms. The summed E-state index contributed by atoms with van der Waals surface area (Å²) in [7, 11) is 0. The summed E-state index contributed by atoms with van der Waals surface area (Å²) in [4.78, 5) is 28.1. The average Bonchev–Trinajstić information content (AvgIpc) is 2.64. The molecule has 1 aromatic heterocycles. The van der Waals surface area contributed by atoms with Gasteiger partial charge in [-0.1, -0.05) is 6.07 Å². The first-order valence-corrected chi connectivity index (χ1v) is 9.00. The first-order chi connectivity index (χ1) is 13.7. The molecule has 0 aliphatic carbocycles. The van der Waals surface area contributed by atoms with E-state index in [9.17, 15) is 18.4 Å². The average molecular weight is 406 g/mol. The lowest BCUT2D eigenvalue weighted by Gasteiger charge is -2.19. The molecule has 0 aliphatic rings. The highest BCUT2D eigenvalue weighted by molar-refractivity contribution is 5.96. The number of anilines is 1. The molecular formula is C20H24F2N4O3. The third kappa shape index (κ3) is 6.49. The Hall–Kier alpha value is -3.07. The number of halogens is 2. The molecule has 0 radical (unpaired) electrons. The lowest BCUT2D eigenvalue weighted by atomic mass is 10.0. The summed E-state index contributed by atoms with van der Waals surface area (Å²) < 4.78 is 29.7. The normalized spacial score (nSPS) is 11.8. The Labute approximate surface area is 167 Å². The van der Waals surface area contributed by atoms with Crippen molar-refractivity contribution in [3.63, 3.8) is 0 Å². The summed E-state index contributed by atoms with van der Waals surface area (Å²) in [5, 5.41) is 5.43. The maximum atomic E-state index is 12.7. The molecule has 7 nitrogen and oxygen atoms in total. The van der Waals surface area contributed by atoms with Gasteiger partial charge in [0.2, 0.25) is 5.91 Å². The molecule has 1 unspecified atom stereocenters. The van der Waals surface area contributed by atoms with Gasteiger partial charge < -0.3 is 21.1 Å². The highest BCUT2D eigenvalue weighted by atomic mass is 19.3. The molecule has 0 bridgehead atoms. The molecule has 0 saturated heterocycles. The van der Waals surface area contributed by atoms with Crippen LogP contribution in [-0.4, -0.2) is 29.8 Å². The highest BCUT2D eigenvalue weighted by Gasteiger charge is 2.16. The van der Waals surface area contributed by atoms with Gasteiger partial charge in [0, 0.05) is 24.7 Å². The first kappa shape index (κ1) is 22.2. The lowest BCUT2D eigenvalue weighted by molar-refractivity contribution is -0.114. The third-order valence-corrected chi connectivity index (χ3v) is 4.04. The van der Waals surface area contributed by atoms with E-state index in [1.165, 1.54) is 13.0 Å². The number of nitrogens with two attached hydrogens (primary N) is 1. The number of aromatic nitrogens is 1. The zero-order valence-corrected chi connectivity index (χ0v) is 16.5. The molecule has 2 amide bonds. The number of alkyl halides is 2. The molecule has 2 rings (SSSR count). The Morgan fingerprint density at radius 3 is 2.59 bits per heavy atom. The molecular weight excluding hydrogens is 382 g/mol. The molecule has 0 spiro atoms. The van der Waals surface area contributed by atoms with Gasteiger partial charge >= 0.3 is 0 Å². The maximum absolute atomic E-state index is 12.7. The number of hydrogen-bond donors (Lipinski definition) is 3. The SMILES string of the molecule is CC(=O)Nc1cc(C(=O)NC(C)c2ccc(OCC(F)F)cc2CN)cc(C)n1. The molecule has 1 atom stereocenters. The van der Waals surface area contributed by atoms with E-state index >= 15 is 0 Å². The van der Waals surface area contributed by atoms with Gasteiger partial charge in [0.15, 0.2) is 0 Å². The van der Waals surface area contributed by atoms with Gasteiger partial charge in [-0.25, -0.2) is 13.8 Å². The minimum absolute atomic E-state index is 0.155. The van der Waals surface area contributed by atoms with Crippen LogP contribution in [0.5, 0.6) is 5.75 Å². The van der Waals surface area contributed by atoms with E-state index in [1.807, 2.05) is 0 Å². The second-order valence-corrected chi connectivity index (χ2v) is 6.53. The Bertz CT molecular complexity index is 890. The first-order valence-electron chi connectivity index (χ1n) is 9.00. The standard InChI is InChI=1S/C20H24F2N4O3/c1-11-6-14(8-19(24-11)26-13(3)27)20(28)25-12(2)17-5-4-16(7-15(17)9-23)29-10-18(21)22/h4-8,12,18H,9-10,23H2,1-3H3,(H,25,28)(H,24,26,27). The fourth-order valence-electron chi connectivity index (χ4n) is 2.83. The van der Waals surface area contributed by atoms with Gasteiger partial charge in [-0.2, -0.15) is 0 Å². The van der Waals surface area contributed by atoms with E-state index in [4.69, 9.17) is 10.5 Å². The van der Waals surface area contributed by atoms with Gasteiger partial charge in [0.05, 0.1) is 6.04 Å². The minimum atomic E-state index is -2.57. The maximum Gasteiger partial charge on any atom is 0.272 e. The zero-order chi connectivity index (χ0) is 21.6. The molecule has 2 aromatic rings. The number of rotatable bonds is 8. The van der Waals surface area contributed by atoms with Crippen LogP contribution in [0, 0.1) is 6.92 Å². The predicted octanol–water partition coefficient (Wildman–Crippen LogP) is 2.94. The van der Waals surface area contributed by atoms with Gasteiger partial charge in [-0.15, -0.1) is 0 Å². The van der Waals surface area contributed by atoms with Crippen LogP contribution in [0.1, 0.15) is 47.1 Å². The highest BCUT2D eigenvalue weighted by Crippen LogP contribution is 2.24. The molecule has 9 heteroatoms. The van der Waals surface area contributed by atoms with Crippen molar-refractivity contribution in [3.05, 3.63) is 52.7 Å². The number of aryl methyl sites for hydroxylation is 1. The molecule has 1 aromatic carbocycles. The van der Waals surface area contributed by atoms with Crippen molar-refractivity contribution in [3.8, 4) is 5.75 Å². The quantitative estimate of drug-likeness (QED) is 0.625. The summed E-state index contributed by atoms with van der Waals surface area (Å²) in [6, 6.07) is 7.54. The largest absolute Gasteiger partial charge is 0.488 e. The van der Waals surface area contributed by atoms with Crippen molar-refractivity contribution in [2.45, 2.75) is 39.8 Å². The number of hydrogen-bond acceptors (Lipinski definition) is 5. The lowest BCUT2D eigenvalue weighted by Crippen LogP contribution is -2.28. The number of nitrogens with one attached hydrogen (secondary N) is 2. The molecule has 0 aliphatic heterocycles. The Kier molecular flexibility index (Phi) is 7.60. The fourth-order valence-corrected chi connectivity index (χ4v) is 2.83. The topological polar surface area (TPSA) is 106 Å². The van der Waals surface area contributed by atoms with Crippen LogP contribution < -0.4 is 21.1 Å². The summed E-state index contributed by atoms with van der Waals surface area (Å²) in [6.45, 7) is 4.32. The summed E-state index contributed by atoms with van der Waals surface area (Å²) in [5.41, 5.74) is 8.13. The van der Waals surface area contributed by atoms with Crippen molar-refractivity contribution >= 4 is 17.6 Å². The van der Waals surface area contributed by atoms with Crippen LogP contribution in [-0.2, 0) is 11.3 Å². The molecule has 4 N–H and O–H groups in total. The predicted molar refractivity (Wildman–Crippen MR) is 105 cm³/mol. The molecule has 0 fully saturated rings. The van der Waals surface area contributed by atoms with Crippen molar-refractivity contribution < 1.29 is 23.1 Å². The van der Waals surface area contributed by atoms with Gasteiger partial charge in [0.1, 0.15) is 18.2 Å². The number of pyridine rings is 1. The van der Waals surface area contributed by atoms with E-state index in [0.29, 0.717) is 22.6 Å².